The van der Waals surface area contributed by atoms with Crippen molar-refractivity contribution < 1.29 is 0 Å². The molecule has 2 unspecified atom stereocenters. The molecule has 0 aromatic heterocycles. The standard InChI is InChI=1S/C12H23N/c13-12-8-7-11(9-12)10-5-3-1-2-4-6-10/h10-12H,1-9,13H2. The Morgan fingerprint density at radius 1 is 0.692 bits per heavy atom. The number of hydrogen-bond donors (Lipinski definition) is 1. The normalized spacial score (nSPS) is 37.6. The van der Waals surface area contributed by atoms with E-state index in [1.807, 2.05) is 0 Å². The molecular weight excluding hydrogens is 158 g/mol. The van der Waals surface area contributed by atoms with Crippen LogP contribution >= 0.6 is 0 Å². The van der Waals surface area contributed by atoms with Gasteiger partial charge in [0.1, 0.15) is 0 Å². The van der Waals surface area contributed by atoms with Gasteiger partial charge in [0.05, 0.1) is 0 Å². The molecule has 2 aliphatic rings. The van der Waals surface area contributed by atoms with Crippen molar-refractivity contribution in [2.75, 3.05) is 0 Å². The van der Waals surface area contributed by atoms with Gasteiger partial charge in [0.2, 0.25) is 0 Å². The maximum atomic E-state index is 5.97. The lowest BCUT2D eigenvalue weighted by molar-refractivity contribution is 0.301. The van der Waals surface area contributed by atoms with Crippen molar-refractivity contribution in [3.63, 3.8) is 0 Å². The van der Waals surface area contributed by atoms with Crippen molar-refractivity contribution in [2.24, 2.45) is 17.6 Å². The van der Waals surface area contributed by atoms with E-state index in [0.29, 0.717) is 6.04 Å². The predicted molar refractivity (Wildman–Crippen MR) is 56.5 cm³/mol. The smallest absolute Gasteiger partial charge is 0.00416 e. The molecule has 76 valence electrons. The summed E-state index contributed by atoms with van der Waals surface area (Å²) >= 11 is 0. The van der Waals surface area contributed by atoms with Gasteiger partial charge in [-0.15, -0.1) is 0 Å². The minimum absolute atomic E-state index is 0.535. The van der Waals surface area contributed by atoms with Crippen LogP contribution < -0.4 is 5.73 Å². The van der Waals surface area contributed by atoms with Gasteiger partial charge in [-0.2, -0.15) is 0 Å². The molecule has 0 spiro atoms. The van der Waals surface area contributed by atoms with Gasteiger partial charge in [0.15, 0.2) is 0 Å². The molecule has 2 atom stereocenters. The zero-order chi connectivity index (χ0) is 9.10. The summed E-state index contributed by atoms with van der Waals surface area (Å²) in [4.78, 5) is 0. The highest BCUT2D eigenvalue weighted by Crippen LogP contribution is 2.37. The van der Waals surface area contributed by atoms with Crippen molar-refractivity contribution in [1.29, 1.82) is 0 Å². The molecule has 2 rings (SSSR count). The number of nitrogens with two attached hydrogens (primary N) is 1. The molecule has 0 bridgehead atoms. The number of rotatable bonds is 1. The number of hydrogen-bond acceptors (Lipinski definition) is 1. The second kappa shape index (κ2) is 4.45. The largest absolute Gasteiger partial charge is 0.328 e. The van der Waals surface area contributed by atoms with Crippen LogP contribution in [0.25, 0.3) is 0 Å². The summed E-state index contributed by atoms with van der Waals surface area (Å²) in [6.45, 7) is 0. The van der Waals surface area contributed by atoms with Gasteiger partial charge in [0.25, 0.3) is 0 Å². The zero-order valence-corrected chi connectivity index (χ0v) is 8.67. The van der Waals surface area contributed by atoms with Gasteiger partial charge < -0.3 is 5.73 Å². The Morgan fingerprint density at radius 3 is 1.92 bits per heavy atom. The average Bonchev–Trinajstić information content (AvgIpc) is 2.43. The molecular formula is C12H23N. The monoisotopic (exact) mass is 181 g/mol. The lowest BCUT2D eigenvalue weighted by atomic mass is 9.85. The lowest BCUT2D eigenvalue weighted by Crippen LogP contribution is -2.17. The van der Waals surface area contributed by atoms with Crippen LogP contribution in [0.4, 0.5) is 0 Å². The first kappa shape index (κ1) is 9.51. The Hall–Kier alpha value is -0.0400. The van der Waals surface area contributed by atoms with Crippen LogP contribution in [0.3, 0.4) is 0 Å². The quantitative estimate of drug-likeness (QED) is 0.618. The first-order chi connectivity index (χ1) is 6.36. The summed E-state index contributed by atoms with van der Waals surface area (Å²) in [5.74, 6) is 2.03. The molecule has 2 saturated carbocycles. The topological polar surface area (TPSA) is 26.0 Å². The van der Waals surface area contributed by atoms with Crippen molar-refractivity contribution in [3.8, 4) is 0 Å². The van der Waals surface area contributed by atoms with E-state index >= 15 is 0 Å². The Balaban J connectivity index is 1.84. The van der Waals surface area contributed by atoms with Gasteiger partial charge in [0, 0.05) is 6.04 Å². The highest BCUT2D eigenvalue weighted by atomic mass is 14.6. The minimum atomic E-state index is 0.535. The maximum Gasteiger partial charge on any atom is 0.00416 e. The Kier molecular flexibility index (Phi) is 3.26. The molecule has 0 aromatic rings. The first-order valence-electron chi connectivity index (χ1n) is 6.12. The van der Waals surface area contributed by atoms with Crippen molar-refractivity contribution in [1.82, 2.24) is 0 Å². The van der Waals surface area contributed by atoms with Gasteiger partial charge in [-0.1, -0.05) is 38.5 Å². The van der Waals surface area contributed by atoms with Crippen LogP contribution in [0.2, 0.25) is 0 Å². The van der Waals surface area contributed by atoms with Crippen LogP contribution in [0, 0.1) is 11.8 Å². The van der Waals surface area contributed by atoms with Gasteiger partial charge in [-0.3, -0.25) is 0 Å². The Morgan fingerprint density at radius 2 is 1.38 bits per heavy atom. The van der Waals surface area contributed by atoms with E-state index in [1.165, 1.54) is 57.8 Å². The fourth-order valence-electron chi connectivity index (χ4n) is 3.26. The van der Waals surface area contributed by atoms with Crippen LogP contribution in [0.15, 0.2) is 0 Å². The molecule has 0 saturated heterocycles. The van der Waals surface area contributed by atoms with E-state index in [-0.39, 0.29) is 0 Å². The van der Waals surface area contributed by atoms with Crippen LogP contribution in [-0.2, 0) is 0 Å². The second-order valence-electron chi connectivity index (χ2n) is 5.08. The fourth-order valence-corrected chi connectivity index (χ4v) is 3.26. The summed E-state index contributed by atoms with van der Waals surface area (Å²) < 4.78 is 0. The third-order valence-corrected chi connectivity index (χ3v) is 4.08. The summed E-state index contributed by atoms with van der Waals surface area (Å²) in [7, 11) is 0. The molecule has 0 aromatic carbocycles. The molecule has 1 heteroatoms. The van der Waals surface area contributed by atoms with E-state index in [9.17, 15) is 0 Å². The fraction of sp³-hybridized carbons (Fsp3) is 1.00. The first-order valence-corrected chi connectivity index (χ1v) is 6.12. The SMILES string of the molecule is NC1CCC(C2CCCCCC2)C1. The lowest BCUT2D eigenvalue weighted by Gasteiger charge is -2.21. The molecule has 2 N–H and O–H groups in total. The third kappa shape index (κ3) is 2.46. The van der Waals surface area contributed by atoms with Gasteiger partial charge in [-0.05, 0) is 31.1 Å². The summed E-state index contributed by atoms with van der Waals surface area (Å²) in [5.41, 5.74) is 5.97. The Labute approximate surface area is 82.1 Å². The van der Waals surface area contributed by atoms with Gasteiger partial charge in [-0.25, -0.2) is 0 Å². The van der Waals surface area contributed by atoms with Crippen molar-refractivity contribution in [2.45, 2.75) is 63.8 Å². The zero-order valence-electron chi connectivity index (χ0n) is 8.67. The second-order valence-corrected chi connectivity index (χ2v) is 5.08. The van der Waals surface area contributed by atoms with Crippen molar-refractivity contribution >= 4 is 0 Å². The maximum absolute atomic E-state index is 5.97. The van der Waals surface area contributed by atoms with E-state index in [4.69, 9.17) is 5.73 Å². The summed E-state index contributed by atoms with van der Waals surface area (Å²) in [6.07, 6.45) is 13.0. The minimum Gasteiger partial charge on any atom is -0.328 e. The van der Waals surface area contributed by atoms with Crippen LogP contribution in [-0.4, -0.2) is 6.04 Å². The van der Waals surface area contributed by atoms with E-state index in [1.54, 1.807) is 0 Å². The molecule has 0 aliphatic heterocycles. The summed E-state index contributed by atoms with van der Waals surface area (Å²) in [6, 6.07) is 0.535. The predicted octanol–water partition coefficient (Wildman–Crippen LogP) is 3.08. The Bertz CT molecular complexity index is 147. The molecule has 2 aliphatic carbocycles. The van der Waals surface area contributed by atoms with E-state index < -0.39 is 0 Å². The highest BCUT2D eigenvalue weighted by molar-refractivity contribution is 4.83. The van der Waals surface area contributed by atoms with Crippen molar-refractivity contribution in [3.05, 3.63) is 0 Å². The molecule has 0 amide bonds. The molecule has 1 nitrogen and oxygen atoms in total. The molecule has 0 heterocycles. The highest BCUT2D eigenvalue weighted by Gasteiger charge is 2.28. The molecule has 13 heavy (non-hydrogen) atoms. The third-order valence-electron chi connectivity index (χ3n) is 4.08. The molecule has 0 radical (unpaired) electrons. The van der Waals surface area contributed by atoms with E-state index in [2.05, 4.69) is 0 Å². The van der Waals surface area contributed by atoms with E-state index in [0.717, 1.165) is 11.8 Å². The summed E-state index contributed by atoms with van der Waals surface area (Å²) in [5, 5.41) is 0. The van der Waals surface area contributed by atoms with Gasteiger partial charge >= 0.3 is 0 Å². The van der Waals surface area contributed by atoms with Crippen LogP contribution in [0.5, 0.6) is 0 Å². The van der Waals surface area contributed by atoms with Crippen LogP contribution in [0.1, 0.15) is 57.8 Å². The molecule has 2 fully saturated rings. The average molecular weight is 181 g/mol.